The number of allylic oxidation sites excluding steroid dienone is 2. The molecule has 0 radical (unpaired) electrons. The van der Waals surface area contributed by atoms with Crippen molar-refractivity contribution in [2.75, 3.05) is 0 Å². The number of aliphatic carboxylic acids is 1. The SMILES string of the molecule is O=C(O)C1=CC=CC(O)([N+](=O)[O-])C1. The van der Waals surface area contributed by atoms with Crippen molar-refractivity contribution in [3.8, 4) is 0 Å². The highest BCUT2D eigenvalue weighted by Gasteiger charge is 2.41. The summed E-state index contributed by atoms with van der Waals surface area (Å²) in [5.74, 6) is -1.26. The van der Waals surface area contributed by atoms with Gasteiger partial charge in [0.2, 0.25) is 0 Å². The highest BCUT2D eigenvalue weighted by molar-refractivity contribution is 5.87. The zero-order valence-electron chi connectivity index (χ0n) is 6.51. The summed E-state index contributed by atoms with van der Waals surface area (Å²) in [5.41, 5.74) is -2.45. The van der Waals surface area contributed by atoms with Gasteiger partial charge in [0.1, 0.15) is 0 Å². The van der Waals surface area contributed by atoms with Crippen molar-refractivity contribution in [2.45, 2.75) is 12.1 Å². The largest absolute Gasteiger partial charge is 0.478 e. The molecule has 0 bridgehead atoms. The predicted molar refractivity (Wildman–Crippen MR) is 41.4 cm³/mol. The van der Waals surface area contributed by atoms with Crippen LogP contribution in [0.25, 0.3) is 0 Å². The van der Waals surface area contributed by atoms with Crippen molar-refractivity contribution in [3.63, 3.8) is 0 Å². The van der Waals surface area contributed by atoms with Gasteiger partial charge in [-0.15, -0.1) is 0 Å². The molecule has 0 aromatic rings. The van der Waals surface area contributed by atoms with E-state index in [1.165, 1.54) is 6.08 Å². The molecule has 1 atom stereocenters. The van der Waals surface area contributed by atoms with Gasteiger partial charge in [0.15, 0.2) is 0 Å². The minimum Gasteiger partial charge on any atom is -0.478 e. The van der Waals surface area contributed by atoms with Crippen LogP contribution in [0.3, 0.4) is 0 Å². The van der Waals surface area contributed by atoms with Crippen LogP contribution in [0.5, 0.6) is 0 Å². The van der Waals surface area contributed by atoms with Gasteiger partial charge in [0.25, 0.3) is 0 Å². The van der Waals surface area contributed by atoms with E-state index in [1.807, 2.05) is 0 Å². The Hall–Kier alpha value is -1.69. The lowest BCUT2D eigenvalue weighted by Crippen LogP contribution is -2.38. The molecule has 0 aromatic carbocycles. The van der Waals surface area contributed by atoms with Crippen molar-refractivity contribution in [2.24, 2.45) is 0 Å². The van der Waals surface area contributed by atoms with Crippen molar-refractivity contribution in [3.05, 3.63) is 33.9 Å². The number of hydrogen-bond donors (Lipinski definition) is 2. The van der Waals surface area contributed by atoms with Crippen molar-refractivity contribution < 1.29 is 19.9 Å². The van der Waals surface area contributed by atoms with E-state index < -0.39 is 23.0 Å². The Morgan fingerprint density at radius 3 is 2.77 bits per heavy atom. The van der Waals surface area contributed by atoms with Crippen molar-refractivity contribution in [1.29, 1.82) is 0 Å². The second-order valence-corrected chi connectivity index (χ2v) is 2.67. The molecule has 6 nitrogen and oxygen atoms in total. The Balaban J connectivity index is 2.92. The van der Waals surface area contributed by atoms with Gasteiger partial charge >= 0.3 is 11.7 Å². The number of hydrogen-bond acceptors (Lipinski definition) is 4. The van der Waals surface area contributed by atoms with Gasteiger partial charge < -0.3 is 10.2 Å². The van der Waals surface area contributed by atoms with Gasteiger partial charge in [-0.05, 0) is 0 Å². The van der Waals surface area contributed by atoms with Gasteiger partial charge in [-0.2, -0.15) is 0 Å². The fourth-order valence-electron chi connectivity index (χ4n) is 0.989. The van der Waals surface area contributed by atoms with Crippen LogP contribution in [0.4, 0.5) is 0 Å². The molecule has 1 rings (SSSR count). The van der Waals surface area contributed by atoms with E-state index in [0.29, 0.717) is 0 Å². The summed E-state index contributed by atoms with van der Waals surface area (Å²) in [6, 6.07) is 0. The molecule has 0 saturated heterocycles. The molecule has 0 aromatic heterocycles. The molecule has 0 heterocycles. The molecule has 1 aliphatic rings. The molecule has 2 N–H and O–H groups in total. The minimum atomic E-state index is -2.28. The van der Waals surface area contributed by atoms with Crippen LogP contribution in [0.2, 0.25) is 0 Å². The van der Waals surface area contributed by atoms with E-state index in [1.54, 1.807) is 0 Å². The highest BCUT2D eigenvalue weighted by atomic mass is 16.7. The molecule has 0 fully saturated rings. The number of carbonyl (C=O) groups is 1. The van der Waals surface area contributed by atoms with E-state index >= 15 is 0 Å². The third kappa shape index (κ3) is 1.73. The van der Waals surface area contributed by atoms with Crippen LogP contribution < -0.4 is 0 Å². The van der Waals surface area contributed by atoms with Gasteiger partial charge in [0, 0.05) is 11.6 Å². The molecule has 13 heavy (non-hydrogen) atoms. The fraction of sp³-hybridized carbons (Fsp3) is 0.286. The first-order valence-corrected chi connectivity index (χ1v) is 3.44. The molecule has 0 saturated carbocycles. The maximum atomic E-state index is 10.4. The number of aliphatic hydroxyl groups is 1. The van der Waals surface area contributed by atoms with Crippen LogP contribution in [-0.2, 0) is 4.79 Å². The van der Waals surface area contributed by atoms with E-state index in [-0.39, 0.29) is 5.57 Å². The van der Waals surface area contributed by atoms with E-state index in [4.69, 9.17) is 5.11 Å². The molecule has 0 aliphatic heterocycles. The number of nitrogens with zero attached hydrogens (tertiary/aromatic N) is 1. The quantitative estimate of drug-likeness (QED) is 0.356. The van der Waals surface area contributed by atoms with Crippen molar-refractivity contribution in [1.82, 2.24) is 0 Å². The highest BCUT2D eigenvalue weighted by Crippen LogP contribution is 2.23. The molecule has 1 unspecified atom stereocenters. The number of carboxylic acids is 1. The van der Waals surface area contributed by atoms with Crippen LogP contribution in [0.15, 0.2) is 23.8 Å². The van der Waals surface area contributed by atoms with E-state index in [2.05, 4.69) is 0 Å². The zero-order chi connectivity index (χ0) is 10.1. The summed E-state index contributed by atoms with van der Waals surface area (Å²) in [6.45, 7) is 0. The Labute approximate surface area is 72.9 Å². The summed E-state index contributed by atoms with van der Waals surface area (Å²) >= 11 is 0. The molecule has 0 spiro atoms. The third-order valence-electron chi connectivity index (χ3n) is 1.70. The first-order valence-electron chi connectivity index (χ1n) is 3.44. The second kappa shape index (κ2) is 2.98. The molecule has 6 heteroatoms. The van der Waals surface area contributed by atoms with Gasteiger partial charge in [0.05, 0.1) is 11.3 Å². The van der Waals surface area contributed by atoms with Crippen LogP contribution in [0.1, 0.15) is 6.42 Å². The smallest absolute Gasteiger partial charge is 0.346 e. The first kappa shape index (κ1) is 9.40. The summed E-state index contributed by atoms with van der Waals surface area (Å²) in [5, 5.41) is 28.1. The number of rotatable bonds is 2. The molecule has 1 aliphatic carbocycles. The Morgan fingerprint density at radius 2 is 2.31 bits per heavy atom. The van der Waals surface area contributed by atoms with Gasteiger partial charge in [-0.3, -0.25) is 10.1 Å². The third-order valence-corrected chi connectivity index (χ3v) is 1.70. The lowest BCUT2D eigenvalue weighted by molar-refractivity contribution is -0.607. The Bertz CT molecular complexity index is 319. The normalized spacial score (nSPS) is 26.7. The summed E-state index contributed by atoms with van der Waals surface area (Å²) in [4.78, 5) is 19.8. The Morgan fingerprint density at radius 1 is 1.69 bits per heavy atom. The van der Waals surface area contributed by atoms with E-state index in [9.17, 15) is 20.0 Å². The predicted octanol–water partition coefficient (Wildman–Crippen LogP) is -0.0774. The average Bonchev–Trinajstić information content (AvgIpc) is 2.04. The van der Waals surface area contributed by atoms with Crippen LogP contribution >= 0.6 is 0 Å². The van der Waals surface area contributed by atoms with Crippen LogP contribution in [0, 0.1) is 10.1 Å². The summed E-state index contributed by atoms with van der Waals surface area (Å²) in [6.07, 6.45) is 2.83. The fourth-order valence-corrected chi connectivity index (χ4v) is 0.989. The maximum Gasteiger partial charge on any atom is 0.346 e. The zero-order valence-corrected chi connectivity index (χ0v) is 6.51. The lowest BCUT2D eigenvalue weighted by atomic mass is 9.98. The van der Waals surface area contributed by atoms with Gasteiger partial charge in [-0.1, -0.05) is 12.2 Å². The van der Waals surface area contributed by atoms with Crippen molar-refractivity contribution >= 4 is 5.97 Å². The lowest BCUT2D eigenvalue weighted by Gasteiger charge is -2.17. The number of carboxylic acid groups (broad SMARTS) is 1. The summed E-state index contributed by atoms with van der Waals surface area (Å²) < 4.78 is 0. The summed E-state index contributed by atoms with van der Waals surface area (Å²) in [7, 11) is 0. The molecular formula is C7H7NO5. The first-order chi connectivity index (χ1) is 5.96. The average molecular weight is 185 g/mol. The molecule has 70 valence electrons. The monoisotopic (exact) mass is 185 g/mol. The number of nitro groups is 1. The molecular weight excluding hydrogens is 178 g/mol. The Kier molecular flexibility index (Phi) is 2.16. The van der Waals surface area contributed by atoms with E-state index in [0.717, 1.165) is 12.2 Å². The van der Waals surface area contributed by atoms with Gasteiger partial charge in [-0.25, -0.2) is 4.79 Å². The van der Waals surface area contributed by atoms with Crippen LogP contribution in [-0.4, -0.2) is 26.8 Å². The topological polar surface area (TPSA) is 101 Å². The maximum absolute atomic E-state index is 10.4. The minimum absolute atomic E-state index is 0.179. The second-order valence-electron chi connectivity index (χ2n) is 2.67. The standard InChI is InChI=1S/C7H7NO5/c9-6(10)5-2-1-3-7(11,4-5)8(12)13/h1-3,11H,4H2,(H,9,10). The molecule has 0 amide bonds.